The molecular formula is C16H18N4O3. The van der Waals surface area contributed by atoms with E-state index in [0.717, 1.165) is 6.42 Å². The predicted molar refractivity (Wildman–Crippen MR) is 83.9 cm³/mol. The number of hydrogen-bond acceptors (Lipinski definition) is 5. The number of likely N-dealkylation sites (tertiary alicyclic amines) is 1. The highest BCUT2D eigenvalue weighted by Crippen LogP contribution is 2.26. The Labute approximate surface area is 133 Å². The third-order valence-electron chi connectivity index (χ3n) is 3.90. The zero-order chi connectivity index (χ0) is 16.2. The minimum Gasteiger partial charge on any atom is -0.375 e. The summed E-state index contributed by atoms with van der Waals surface area (Å²) >= 11 is 0. The summed E-state index contributed by atoms with van der Waals surface area (Å²) in [5.74, 6) is 0.472. The molecule has 0 unspecified atom stereocenters. The Kier molecular flexibility index (Phi) is 4.47. The van der Waals surface area contributed by atoms with E-state index in [9.17, 15) is 9.59 Å². The Hall–Kier alpha value is -2.54. The van der Waals surface area contributed by atoms with Gasteiger partial charge in [-0.2, -0.15) is 0 Å². The number of methoxy groups -OCH3 is 1. The number of nitrogens with zero attached hydrogens (tertiary/aromatic N) is 3. The average molecular weight is 314 g/mol. The first-order chi connectivity index (χ1) is 11.2. The van der Waals surface area contributed by atoms with E-state index in [1.807, 2.05) is 12.1 Å². The summed E-state index contributed by atoms with van der Waals surface area (Å²) in [6.07, 6.45) is 2.44. The van der Waals surface area contributed by atoms with E-state index in [-0.39, 0.29) is 24.0 Å². The van der Waals surface area contributed by atoms with Crippen LogP contribution in [0.25, 0.3) is 11.5 Å². The van der Waals surface area contributed by atoms with Crippen LogP contribution in [0.2, 0.25) is 0 Å². The van der Waals surface area contributed by atoms with Crippen molar-refractivity contribution in [2.75, 3.05) is 26.8 Å². The minimum atomic E-state index is -0.211. The number of amides is 1. The fourth-order valence-corrected chi connectivity index (χ4v) is 2.75. The van der Waals surface area contributed by atoms with Gasteiger partial charge in [0.15, 0.2) is 5.82 Å². The van der Waals surface area contributed by atoms with Crippen molar-refractivity contribution < 1.29 is 9.53 Å². The topological polar surface area (TPSA) is 88.2 Å². The summed E-state index contributed by atoms with van der Waals surface area (Å²) in [4.78, 5) is 37.0. The maximum Gasteiger partial charge on any atom is 0.251 e. The quantitative estimate of drug-likeness (QED) is 0.901. The summed E-state index contributed by atoms with van der Waals surface area (Å²) < 4.78 is 4.88. The van der Waals surface area contributed by atoms with Crippen molar-refractivity contribution in [1.82, 2.24) is 19.9 Å². The van der Waals surface area contributed by atoms with Crippen LogP contribution in [0.4, 0.5) is 0 Å². The first kappa shape index (κ1) is 15.4. The summed E-state index contributed by atoms with van der Waals surface area (Å²) in [6.45, 7) is 1.29. The van der Waals surface area contributed by atoms with E-state index in [1.54, 1.807) is 17.2 Å². The van der Waals surface area contributed by atoms with Crippen LogP contribution >= 0.6 is 0 Å². The molecule has 1 aliphatic heterocycles. The molecule has 0 saturated carbocycles. The van der Waals surface area contributed by atoms with Crippen LogP contribution in [-0.4, -0.2) is 52.6 Å². The second-order valence-corrected chi connectivity index (χ2v) is 5.49. The van der Waals surface area contributed by atoms with E-state index in [2.05, 4.69) is 15.0 Å². The maximum absolute atomic E-state index is 11.9. The summed E-state index contributed by atoms with van der Waals surface area (Å²) in [5, 5.41) is 0. The summed E-state index contributed by atoms with van der Waals surface area (Å²) in [6, 6.07) is 6.95. The molecule has 23 heavy (non-hydrogen) atoms. The van der Waals surface area contributed by atoms with Crippen LogP contribution in [-0.2, 0) is 9.53 Å². The number of nitrogens with one attached hydrogen (secondary N) is 1. The molecule has 0 aliphatic carbocycles. The van der Waals surface area contributed by atoms with E-state index < -0.39 is 0 Å². The van der Waals surface area contributed by atoms with Gasteiger partial charge in [-0.15, -0.1) is 0 Å². The molecule has 1 saturated heterocycles. The predicted octanol–water partition coefficient (Wildman–Crippen LogP) is 0.794. The van der Waals surface area contributed by atoms with Crippen molar-refractivity contribution in [3.8, 4) is 11.5 Å². The van der Waals surface area contributed by atoms with Gasteiger partial charge in [0.25, 0.3) is 5.56 Å². The molecule has 2 aromatic rings. The van der Waals surface area contributed by atoms with Gasteiger partial charge in [0.2, 0.25) is 5.91 Å². The molecule has 1 amide bonds. The number of carbonyl (C=O) groups is 1. The molecule has 0 radical (unpaired) electrons. The molecule has 1 aliphatic rings. The number of carbonyl (C=O) groups excluding carboxylic acids is 1. The second kappa shape index (κ2) is 6.70. The Morgan fingerprint density at radius 2 is 2.35 bits per heavy atom. The number of H-pyrrole nitrogens is 1. The van der Waals surface area contributed by atoms with Crippen molar-refractivity contribution in [3.05, 3.63) is 46.5 Å². The Morgan fingerprint density at radius 1 is 1.48 bits per heavy atom. The molecule has 0 aromatic carbocycles. The Balaban J connectivity index is 1.83. The van der Waals surface area contributed by atoms with Crippen LogP contribution in [0.5, 0.6) is 0 Å². The lowest BCUT2D eigenvalue weighted by atomic mass is 10.0. The fourth-order valence-electron chi connectivity index (χ4n) is 2.75. The second-order valence-electron chi connectivity index (χ2n) is 5.49. The molecule has 2 aromatic heterocycles. The van der Waals surface area contributed by atoms with Gasteiger partial charge >= 0.3 is 0 Å². The smallest absolute Gasteiger partial charge is 0.251 e. The van der Waals surface area contributed by atoms with Gasteiger partial charge in [-0.05, 0) is 18.6 Å². The number of ether oxygens (including phenoxy) is 1. The van der Waals surface area contributed by atoms with Crippen molar-refractivity contribution in [2.24, 2.45) is 0 Å². The molecule has 7 nitrogen and oxygen atoms in total. The van der Waals surface area contributed by atoms with Crippen molar-refractivity contribution in [1.29, 1.82) is 0 Å². The number of aromatic nitrogens is 3. The van der Waals surface area contributed by atoms with E-state index >= 15 is 0 Å². The highest BCUT2D eigenvalue weighted by Gasteiger charge is 2.28. The third-order valence-corrected chi connectivity index (χ3v) is 3.90. The third kappa shape index (κ3) is 3.45. The van der Waals surface area contributed by atoms with Crippen LogP contribution in [0.1, 0.15) is 18.0 Å². The normalized spacial score (nSPS) is 17.4. The molecule has 7 heteroatoms. The molecule has 3 rings (SSSR count). The lowest BCUT2D eigenvalue weighted by Gasteiger charge is -2.16. The lowest BCUT2D eigenvalue weighted by Crippen LogP contribution is -2.31. The summed E-state index contributed by atoms with van der Waals surface area (Å²) in [5.41, 5.74) is 1.11. The van der Waals surface area contributed by atoms with Crippen molar-refractivity contribution in [3.63, 3.8) is 0 Å². The van der Waals surface area contributed by atoms with E-state index in [0.29, 0.717) is 30.3 Å². The minimum absolute atomic E-state index is 0.0372. The molecule has 0 bridgehead atoms. The van der Waals surface area contributed by atoms with Crippen LogP contribution in [0.3, 0.4) is 0 Å². The van der Waals surface area contributed by atoms with Gasteiger partial charge in [0.05, 0.1) is 5.69 Å². The largest absolute Gasteiger partial charge is 0.375 e. The Morgan fingerprint density at radius 3 is 3.09 bits per heavy atom. The lowest BCUT2D eigenvalue weighted by molar-refractivity contribution is -0.134. The first-order valence-corrected chi connectivity index (χ1v) is 7.47. The number of aromatic amines is 1. The average Bonchev–Trinajstić information content (AvgIpc) is 3.05. The fraction of sp³-hybridized carbons (Fsp3) is 0.375. The molecule has 1 N–H and O–H groups in total. The Bertz CT molecular complexity index is 744. The van der Waals surface area contributed by atoms with Gasteiger partial charge in [-0.3, -0.25) is 14.6 Å². The highest BCUT2D eigenvalue weighted by molar-refractivity contribution is 5.77. The van der Waals surface area contributed by atoms with Gasteiger partial charge < -0.3 is 14.6 Å². The molecule has 3 heterocycles. The van der Waals surface area contributed by atoms with E-state index in [1.165, 1.54) is 13.2 Å². The number of hydrogen-bond donors (Lipinski definition) is 1. The van der Waals surface area contributed by atoms with Gasteiger partial charge in [-0.25, -0.2) is 4.98 Å². The molecular weight excluding hydrogens is 296 g/mol. The molecule has 120 valence electrons. The number of rotatable bonds is 4. The standard InChI is InChI=1S/C16H18N4O3/c1-23-10-15(22)20-7-5-11(9-20)13-8-14(21)19-16(18-13)12-4-2-3-6-17-12/h2-4,6,8,11H,5,7,9-10H2,1H3,(H,18,19,21)/t11-/m0/s1. The van der Waals surface area contributed by atoms with Gasteiger partial charge in [0.1, 0.15) is 12.3 Å². The monoisotopic (exact) mass is 314 g/mol. The van der Waals surface area contributed by atoms with Crippen molar-refractivity contribution in [2.45, 2.75) is 12.3 Å². The highest BCUT2D eigenvalue weighted by atomic mass is 16.5. The van der Waals surface area contributed by atoms with Gasteiger partial charge in [-0.1, -0.05) is 6.07 Å². The summed E-state index contributed by atoms with van der Waals surface area (Å²) in [7, 11) is 1.50. The van der Waals surface area contributed by atoms with Crippen LogP contribution in [0, 0.1) is 0 Å². The number of pyridine rings is 1. The SMILES string of the molecule is COCC(=O)N1CC[C@H](c2cc(=O)[nH]c(-c3ccccn3)n2)C1. The molecule has 0 spiro atoms. The maximum atomic E-state index is 11.9. The van der Waals surface area contributed by atoms with Crippen LogP contribution in [0.15, 0.2) is 35.3 Å². The molecule has 1 fully saturated rings. The first-order valence-electron chi connectivity index (χ1n) is 7.47. The zero-order valence-electron chi connectivity index (χ0n) is 12.9. The van der Waals surface area contributed by atoms with Crippen LogP contribution < -0.4 is 5.56 Å². The van der Waals surface area contributed by atoms with Crippen molar-refractivity contribution >= 4 is 5.91 Å². The zero-order valence-corrected chi connectivity index (χ0v) is 12.9. The van der Waals surface area contributed by atoms with Gasteiger partial charge in [0, 0.05) is 38.4 Å². The van der Waals surface area contributed by atoms with E-state index in [4.69, 9.17) is 4.74 Å². The molecule has 1 atom stereocenters.